The van der Waals surface area contributed by atoms with Crippen molar-refractivity contribution in [3.8, 4) is 17.2 Å². The van der Waals surface area contributed by atoms with E-state index in [-0.39, 0.29) is 0 Å². The van der Waals surface area contributed by atoms with Gasteiger partial charge in [0.25, 0.3) is 0 Å². The Bertz CT molecular complexity index is 597. The molecule has 0 aliphatic carbocycles. The van der Waals surface area contributed by atoms with E-state index in [9.17, 15) is 5.11 Å². The van der Waals surface area contributed by atoms with Gasteiger partial charge in [0.15, 0.2) is 17.6 Å². The van der Waals surface area contributed by atoms with Crippen LogP contribution in [0.1, 0.15) is 11.7 Å². The van der Waals surface area contributed by atoms with Crippen LogP contribution in [0.4, 0.5) is 0 Å². The van der Waals surface area contributed by atoms with Crippen LogP contribution in [0.2, 0.25) is 0 Å². The summed E-state index contributed by atoms with van der Waals surface area (Å²) >= 11 is 0. The fourth-order valence-corrected chi connectivity index (χ4v) is 2.30. The Morgan fingerprint density at radius 2 is 1.75 bits per heavy atom. The molecule has 104 valence electrons. The maximum atomic E-state index is 10.4. The molecule has 4 heteroatoms. The van der Waals surface area contributed by atoms with E-state index < -0.39 is 12.2 Å². The molecule has 0 bridgehead atoms. The third-order valence-electron chi connectivity index (χ3n) is 3.34. The van der Waals surface area contributed by atoms with Crippen molar-refractivity contribution < 1.29 is 19.3 Å². The number of fused-ring (bicyclic) bond motifs is 1. The zero-order valence-electron chi connectivity index (χ0n) is 11.2. The first kappa shape index (κ1) is 12.8. The zero-order valence-corrected chi connectivity index (χ0v) is 11.2. The van der Waals surface area contributed by atoms with Crippen LogP contribution in [0.25, 0.3) is 0 Å². The Labute approximate surface area is 117 Å². The molecular formula is C16H16O4. The highest BCUT2D eigenvalue weighted by Crippen LogP contribution is 2.35. The molecule has 1 heterocycles. The minimum atomic E-state index is -0.718. The van der Waals surface area contributed by atoms with Crippen LogP contribution < -0.4 is 14.2 Å². The van der Waals surface area contributed by atoms with Crippen molar-refractivity contribution in [1.82, 2.24) is 0 Å². The highest BCUT2D eigenvalue weighted by Gasteiger charge is 2.31. The molecule has 2 unspecified atom stereocenters. The van der Waals surface area contributed by atoms with Gasteiger partial charge in [0, 0.05) is 5.56 Å². The summed E-state index contributed by atoms with van der Waals surface area (Å²) in [6.45, 7) is 0.302. The fraction of sp³-hybridized carbons (Fsp3) is 0.250. The number of methoxy groups -OCH3 is 1. The van der Waals surface area contributed by atoms with E-state index in [1.807, 2.05) is 48.5 Å². The smallest absolute Gasteiger partial charge is 0.163 e. The second-order valence-electron chi connectivity index (χ2n) is 4.60. The van der Waals surface area contributed by atoms with Gasteiger partial charge in [0.2, 0.25) is 0 Å². The largest absolute Gasteiger partial charge is 0.493 e. The summed E-state index contributed by atoms with van der Waals surface area (Å²) < 4.78 is 16.7. The molecule has 0 fully saturated rings. The highest BCUT2D eigenvalue weighted by molar-refractivity contribution is 5.41. The molecule has 1 N–H and O–H groups in total. The monoisotopic (exact) mass is 272 g/mol. The van der Waals surface area contributed by atoms with E-state index in [0.717, 1.165) is 5.56 Å². The quantitative estimate of drug-likeness (QED) is 0.933. The standard InChI is InChI=1S/C16H16O4/c1-18-13-8-4-5-9-14(13)20-15-10-19-12-7-3-2-6-11(12)16(15)17/h2-9,15-17H,10H2,1H3. The molecule has 2 aromatic carbocycles. The second kappa shape index (κ2) is 5.43. The first-order valence-electron chi connectivity index (χ1n) is 6.49. The second-order valence-corrected chi connectivity index (χ2v) is 4.60. The van der Waals surface area contributed by atoms with Crippen molar-refractivity contribution in [2.45, 2.75) is 12.2 Å². The van der Waals surface area contributed by atoms with Gasteiger partial charge in [-0.05, 0) is 18.2 Å². The lowest BCUT2D eigenvalue weighted by Gasteiger charge is -2.30. The van der Waals surface area contributed by atoms with Gasteiger partial charge in [-0.1, -0.05) is 30.3 Å². The summed E-state index contributed by atoms with van der Waals surface area (Å²) in [5, 5.41) is 10.4. The fourth-order valence-electron chi connectivity index (χ4n) is 2.30. The molecule has 4 nitrogen and oxygen atoms in total. The van der Waals surface area contributed by atoms with Crippen molar-refractivity contribution in [3.05, 3.63) is 54.1 Å². The third kappa shape index (κ3) is 2.30. The summed E-state index contributed by atoms with van der Waals surface area (Å²) in [6, 6.07) is 14.8. The molecule has 2 atom stereocenters. The van der Waals surface area contributed by atoms with Crippen molar-refractivity contribution in [2.24, 2.45) is 0 Å². The number of ether oxygens (including phenoxy) is 3. The van der Waals surface area contributed by atoms with Gasteiger partial charge in [-0.3, -0.25) is 0 Å². The van der Waals surface area contributed by atoms with E-state index in [1.54, 1.807) is 7.11 Å². The van der Waals surface area contributed by atoms with Crippen LogP contribution >= 0.6 is 0 Å². The van der Waals surface area contributed by atoms with Crippen LogP contribution in [0.5, 0.6) is 17.2 Å². The number of hydrogen-bond donors (Lipinski definition) is 1. The number of rotatable bonds is 3. The van der Waals surface area contributed by atoms with Gasteiger partial charge < -0.3 is 19.3 Å². The minimum absolute atomic E-state index is 0.302. The molecule has 0 saturated carbocycles. The Morgan fingerprint density at radius 3 is 2.55 bits per heavy atom. The Kier molecular flexibility index (Phi) is 3.48. The lowest BCUT2D eigenvalue weighted by molar-refractivity contribution is -0.0113. The molecule has 1 aliphatic heterocycles. The molecule has 0 saturated heterocycles. The predicted molar refractivity (Wildman–Crippen MR) is 74.3 cm³/mol. The van der Waals surface area contributed by atoms with Gasteiger partial charge in [-0.25, -0.2) is 0 Å². The topological polar surface area (TPSA) is 47.9 Å². The Balaban J connectivity index is 1.83. The molecule has 2 aromatic rings. The maximum Gasteiger partial charge on any atom is 0.163 e. The van der Waals surface area contributed by atoms with Crippen molar-refractivity contribution >= 4 is 0 Å². The van der Waals surface area contributed by atoms with E-state index in [2.05, 4.69) is 0 Å². The van der Waals surface area contributed by atoms with Gasteiger partial charge in [-0.2, -0.15) is 0 Å². The molecule has 1 aliphatic rings. The summed E-state index contributed by atoms with van der Waals surface area (Å²) in [6.07, 6.45) is -1.17. The normalized spacial score (nSPS) is 20.7. The van der Waals surface area contributed by atoms with Crippen LogP contribution in [-0.2, 0) is 0 Å². The van der Waals surface area contributed by atoms with Crippen molar-refractivity contribution in [1.29, 1.82) is 0 Å². The van der Waals surface area contributed by atoms with Crippen LogP contribution in [0.15, 0.2) is 48.5 Å². The minimum Gasteiger partial charge on any atom is -0.493 e. The van der Waals surface area contributed by atoms with Crippen LogP contribution in [0.3, 0.4) is 0 Å². The predicted octanol–water partition coefficient (Wildman–Crippen LogP) is 2.57. The van der Waals surface area contributed by atoms with E-state index >= 15 is 0 Å². The van der Waals surface area contributed by atoms with Gasteiger partial charge in [0.1, 0.15) is 18.5 Å². The van der Waals surface area contributed by atoms with Crippen molar-refractivity contribution in [2.75, 3.05) is 13.7 Å². The summed E-state index contributed by atoms with van der Waals surface area (Å²) in [4.78, 5) is 0. The number of hydrogen-bond acceptors (Lipinski definition) is 4. The van der Waals surface area contributed by atoms with Crippen LogP contribution in [0, 0.1) is 0 Å². The molecule has 3 rings (SSSR count). The molecule has 0 spiro atoms. The lowest BCUT2D eigenvalue weighted by atomic mass is 10.0. The Hall–Kier alpha value is -2.20. The molecule has 0 radical (unpaired) electrons. The number of benzene rings is 2. The first-order valence-corrected chi connectivity index (χ1v) is 6.49. The third-order valence-corrected chi connectivity index (χ3v) is 3.34. The summed E-state index contributed by atoms with van der Waals surface area (Å²) in [5.41, 5.74) is 0.749. The number of aliphatic hydroxyl groups excluding tert-OH is 1. The average Bonchev–Trinajstić information content (AvgIpc) is 2.51. The average molecular weight is 272 g/mol. The lowest BCUT2D eigenvalue weighted by Crippen LogP contribution is -2.35. The summed E-state index contributed by atoms with van der Waals surface area (Å²) in [7, 11) is 1.59. The Morgan fingerprint density at radius 1 is 1.05 bits per heavy atom. The molecule has 20 heavy (non-hydrogen) atoms. The van der Waals surface area contributed by atoms with E-state index in [1.165, 1.54) is 0 Å². The van der Waals surface area contributed by atoms with E-state index in [0.29, 0.717) is 23.9 Å². The zero-order chi connectivity index (χ0) is 13.9. The summed E-state index contributed by atoms with van der Waals surface area (Å²) in [5.74, 6) is 1.94. The van der Waals surface area contributed by atoms with E-state index in [4.69, 9.17) is 14.2 Å². The molecule has 0 aromatic heterocycles. The molecule has 0 amide bonds. The molecular weight excluding hydrogens is 256 g/mol. The SMILES string of the molecule is COc1ccccc1OC1COc2ccccc2C1O. The van der Waals surface area contributed by atoms with Gasteiger partial charge in [0.05, 0.1) is 7.11 Å². The van der Waals surface area contributed by atoms with Crippen LogP contribution in [-0.4, -0.2) is 24.9 Å². The maximum absolute atomic E-state index is 10.4. The number of para-hydroxylation sites is 3. The van der Waals surface area contributed by atoms with Crippen molar-refractivity contribution in [3.63, 3.8) is 0 Å². The van der Waals surface area contributed by atoms with Gasteiger partial charge >= 0.3 is 0 Å². The van der Waals surface area contributed by atoms with Gasteiger partial charge in [-0.15, -0.1) is 0 Å². The number of aliphatic hydroxyl groups is 1. The highest BCUT2D eigenvalue weighted by atomic mass is 16.6. The first-order chi connectivity index (χ1) is 9.79.